The molecule has 1 aromatic rings. The van der Waals surface area contributed by atoms with Crippen molar-refractivity contribution in [3.8, 4) is 0 Å². The number of nitrogens with zero attached hydrogens (tertiary/aromatic N) is 2. The van der Waals surface area contributed by atoms with Crippen molar-refractivity contribution in [3.63, 3.8) is 0 Å². The van der Waals surface area contributed by atoms with Gasteiger partial charge in [-0.15, -0.1) is 6.58 Å². The second-order valence-corrected chi connectivity index (χ2v) is 3.79. The number of thioether (sulfide) groups is 1. The molecule has 0 unspecified atom stereocenters. The van der Waals surface area contributed by atoms with Crippen LogP contribution in [0.4, 0.5) is 0 Å². The lowest BCUT2D eigenvalue weighted by Gasteiger charge is -1.84. The van der Waals surface area contributed by atoms with E-state index in [4.69, 9.17) is 11.6 Å². The minimum absolute atomic E-state index is 0.330. The zero-order chi connectivity index (χ0) is 7.40. The third kappa shape index (κ3) is 2.28. The highest BCUT2D eigenvalue weighted by Crippen LogP contribution is 2.21. The molecule has 1 rings (SSSR count). The summed E-state index contributed by atoms with van der Waals surface area (Å²) in [5, 5.41) is 0.330. The topological polar surface area (TPSA) is 25.8 Å². The van der Waals surface area contributed by atoms with Gasteiger partial charge in [-0.3, -0.25) is 0 Å². The summed E-state index contributed by atoms with van der Waals surface area (Å²) >= 11 is 8.38. The molecule has 0 spiro atoms. The Balaban J connectivity index is 2.49. The van der Waals surface area contributed by atoms with Crippen LogP contribution in [-0.4, -0.2) is 15.1 Å². The van der Waals surface area contributed by atoms with Crippen molar-refractivity contribution in [2.24, 2.45) is 0 Å². The van der Waals surface area contributed by atoms with Crippen LogP contribution in [0.25, 0.3) is 0 Å². The third-order valence-corrected chi connectivity index (χ3v) is 2.81. The zero-order valence-electron chi connectivity index (χ0n) is 5.08. The van der Waals surface area contributed by atoms with Crippen molar-refractivity contribution in [1.82, 2.24) is 9.36 Å². The van der Waals surface area contributed by atoms with Crippen molar-refractivity contribution >= 4 is 34.9 Å². The van der Waals surface area contributed by atoms with Crippen LogP contribution in [0.2, 0.25) is 5.28 Å². The van der Waals surface area contributed by atoms with Crippen LogP contribution in [0.3, 0.4) is 0 Å². The van der Waals surface area contributed by atoms with Gasteiger partial charge in [-0.2, -0.15) is 9.36 Å². The molecule has 0 bridgehead atoms. The molecule has 10 heavy (non-hydrogen) atoms. The van der Waals surface area contributed by atoms with Gasteiger partial charge >= 0.3 is 0 Å². The molecule has 1 aromatic heterocycles. The molecule has 2 nitrogen and oxygen atoms in total. The van der Waals surface area contributed by atoms with Crippen molar-refractivity contribution in [1.29, 1.82) is 0 Å². The number of hydrogen-bond donors (Lipinski definition) is 0. The van der Waals surface area contributed by atoms with Crippen molar-refractivity contribution in [3.05, 3.63) is 17.9 Å². The van der Waals surface area contributed by atoms with Gasteiger partial charge < -0.3 is 0 Å². The summed E-state index contributed by atoms with van der Waals surface area (Å²) in [5.74, 6) is 0.853. The molecule has 0 atom stereocenters. The highest BCUT2D eigenvalue weighted by Gasteiger charge is 1.98. The summed E-state index contributed by atoms with van der Waals surface area (Å²) < 4.78 is 4.70. The second-order valence-electron chi connectivity index (χ2n) is 1.43. The van der Waals surface area contributed by atoms with Gasteiger partial charge in [-0.25, -0.2) is 0 Å². The molecule has 0 aromatic carbocycles. The summed E-state index contributed by atoms with van der Waals surface area (Å²) in [6.07, 6.45) is 1.82. The Morgan fingerprint density at radius 1 is 1.80 bits per heavy atom. The minimum atomic E-state index is 0.330. The summed E-state index contributed by atoms with van der Waals surface area (Å²) in [6.45, 7) is 3.59. The Morgan fingerprint density at radius 2 is 2.60 bits per heavy atom. The average Bonchev–Trinajstić information content (AvgIpc) is 2.31. The molecule has 0 aliphatic rings. The molecule has 0 fully saturated rings. The SMILES string of the molecule is C=CCSc1nc(Cl)ns1. The molecule has 0 N–H and O–H groups in total. The van der Waals surface area contributed by atoms with Crippen molar-refractivity contribution in [2.75, 3.05) is 5.75 Å². The van der Waals surface area contributed by atoms with E-state index in [1.165, 1.54) is 11.5 Å². The first-order valence-electron chi connectivity index (χ1n) is 2.56. The van der Waals surface area contributed by atoms with Gasteiger partial charge in [0, 0.05) is 5.75 Å². The summed E-state index contributed by atoms with van der Waals surface area (Å²) in [6, 6.07) is 0. The van der Waals surface area contributed by atoms with Crippen LogP contribution in [0, 0.1) is 0 Å². The maximum atomic E-state index is 5.49. The quantitative estimate of drug-likeness (QED) is 0.544. The van der Waals surface area contributed by atoms with Crippen LogP contribution < -0.4 is 0 Å². The molecule has 0 saturated carbocycles. The zero-order valence-corrected chi connectivity index (χ0v) is 7.47. The number of halogens is 1. The molecule has 0 aliphatic heterocycles. The fourth-order valence-electron chi connectivity index (χ4n) is 0.382. The Hall–Kier alpha value is -0.0600. The fourth-order valence-corrected chi connectivity index (χ4v) is 1.93. The molecule has 0 aliphatic carbocycles. The smallest absolute Gasteiger partial charge is 0.198 e. The lowest BCUT2D eigenvalue weighted by molar-refractivity contribution is 1.22. The van der Waals surface area contributed by atoms with E-state index in [0.717, 1.165) is 10.1 Å². The summed E-state index contributed by atoms with van der Waals surface area (Å²) in [7, 11) is 0. The van der Waals surface area contributed by atoms with Crippen LogP contribution >= 0.6 is 34.9 Å². The molecule has 0 saturated heterocycles. The number of hydrogen-bond acceptors (Lipinski definition) is 4. The molecule has 1 heterocycles. The van der Waals surface area contributed by atoms with E-state index in [1.807, 2.05) is 6.08 Å². The Bertz CT molecular complexity index is 223. The van der Waals surface area contributed by atoms with Gasteiger partial charge in [0.05, 0.1) is 0 Å². The van der Waals surface area contributed by atoms with E-state index in [2.05, 4.69) is 15.9 Å². The van der Waals surface area contributed by atoms with Crippen molar-refractivity contribution < 1.29 is 0 Å². The van der Waals surface area contributed by atoms with Gasteiger partial charge in [0.1, 0.15) is 0 Å². The first-order chi connectivity index (χ1) is 4.83. The predicted molar refractivity (Wildman–Crippen MR) is 45.8 cm³/mol. The van der Waals surface area contributed by atoms with Gasteiger partial charge in [-0.1, -0.05) is 17.8 Å². The third-order valence-electron chi connectivity index (χ3n) is 0.707. The Labute approximate surface area is 72.5 Å². The van der Waals surface area contributed by atoms with Gasteiger partial charge in [0.15, 0.2) is 4.34 Å². The normalized spacial score (nSPS) is 9.70. The van der Waals surface area contributed by atoms with E-state index in [9.17, 15) is 0 Å². The van der Waals surface area contributed by atoms with E-state index < -0.39 is 0 Å². The monoisotopic (exact) mass is 192 g/mol. The van der Waals surface area contributed by atoms with Gasteiger partial charge in [0.25, 0.3) is 0 Å². The first-order valence-corrected chi connectivity index (χ1v) is 4.69. The first kappa shape index (κ1) is 8.04. The van der Waals surface area contributed by atoms with Crippen molar-refractivity contribution in [2.45, 2.75) is 4.34 Å². The van der Waals surface area contributed by atoms with Crippen LogP contribution in [0.1, 0.15) is 0 Å². The van der Waals surface area contributed by atoms with E-state index in [-0.39, 0.29) is 0 Å². The number of rotatable bonds is 3. The van der Waals surface area contributed by atoms with Crippen LogP contribution in [0.15, 0.2) is 17.0 Å². The molecular weight excluding hydrogens is 188 g/mol. The van der Waals surface area contributed by atoms with Crippen LogP contribution in [-0.2, 0) is 0 Å². The van der Waals surface area contributed by atoms with E-state index in [0.29, 0.717) is 5.28 Å². The lowest BCUT2D eigenvalue weighted by Crippen LogP contribution is -1.69. The van der Waals surface area contributed by atoms with Gasteiger partial charge in [-0.05, 0) is 23.1 Å². The molecular formula is C5H5ClN2S2. The molecule has 54 valence electrons. The van der Waals surface area contributed by atoms with E-state index >= 15 is 0 Å². The summed E-state index contributed by atoms with van der Waals surface area (Å²) in [4.78, 5) is 3.94. The maximum absolute atomic E-state index is 5.49. The average molecular weight is 193 g/mol. The Kier molecular flexibility index (Phi) is 3.18. The fraction of sp³-hybridized carbons (Fsp3) is 0.200. The highest BCUT2D eigenvalue weighted by atomic mass is 35.5. The highest BCUT2D eigenvalue weighted by molar-refractivity contribution is 8.01. The largest absolute Gasteiger partial charge is 0.235 e. The molecule has 0 amide bonds. The second kappa shape index (κ2) is 3.95. The minimum Gasteiger partial charge on any atom is -0.198 e. The Morgan fingerprint density at radius 3 is 3.10 bits per heavy atom. The van der Waals surface area contributed by atoms with Gasteiger partial charge in [0.2, 0.25) is 5.28 Å². The predicted octanol–water partition coefficient (Wildman–Crippen LogP) is 2.47. The number of aromatic nitrogens is 2. The molecule has 5 heteroatoms. The van der Waals surface area contributed by atoms with E-state index in [1.54, 1.807) is 11.8 Å². The maximum Gasteiger partial charge on any atom is 0.235 e. The lowest BCUT2D eigenvalue weighted by atomic mass is 10.8. The van der Waals surface area contributed by atoms with Crippen LogP contribution in [0.5, 0.6) is 0 Å². The summed E-state index contributed by atoms with van der Waals surface area (Å²) in [5.41, 5.74) is 0. The molecule has 0 radical (unpaired) electrons. The standard InChI is InChI=1S/C5H5ClN2S2/c1-2-3-9-5-7-4(6)8-10-5/h2H,1,3H2.